The lowest BCUT2D eigenvalue weighted by Crippen LogP contribution is -2.45. The molecule has 0 aliphatic carbocycles. The first-order valence-corrected chi connectivity index (χ1v) is 9.79. The Labute approximate surface area is 184 Å². The number of carboxylic acid groups (broad SMARTS) is 1. The topological polar surface area (TPSA) is 119 Å². The van der Waals surface area contributed by atoms with E-state index in [1.54, 1.807) is 36.4 Å². The molecular weight excluding hydrogens is 439 g/mol. The number of hydrogen-bond donors (Lipinski definition) is 4. The van der Waals surface area contributed by atoms with Crippen molar-refractivity contribution in [1.82, 2.24) is 9.97 Å². The van der Waals surface area contributed by atoms with Crippen molar-refractivity contribution >= 4 is 46.3 Å². The summed E-state index contributed by atoms with van der Waals surface area (Å²) in [5, 5.41) is 22.8. The fourth-order valence-corrected chi connectivity index (χ4v) is 4.15. The summed E-state index contributed by atoms with van der Waals surface area (Å²) in [6.07, 6.45) is -1.29. The SMILES string of the molecule is O=C(O)Nc1nc2cc(C3(O)c4ccccc4C(=O)N3c3cccc(Cl)c3F)ccc2[nH]1. The molecule has 8 nitrogen and oxygen atoms in total. The molecule has 160 valence electrons. The number of hydrogen-bond acceptors (Lipinski definition) is 4. The maximum Gasteiger partial charge on any atom is 0.411 e. The van der Waals surface area contributed by atoms with Crippen LogP contribution in [-0.4, -0.2) is 32.2 Å². The van der Waals surface area contributed by atoms with Crippen LogP contribution in [0, 0.1) is 5.82 Å². The number of aromatic nitrogens is 2. The van der Waals surface area contributed by atoms with Crippen LogP contribution in [0.15, 0.2) is 60.7 Å². The maximum absolute atomic E-state index is 15.0. The number of nitrogens with zero attached hydrogens (tertiary/aromatic N) is 2. The highest BCUT2D eigenvalue weighted by molar-refractivity contribution is 6.31. The number of H-pyrrole nitrogens is 1. The second-order valence-corrected chi connectivity index (χ2v) is 7.59. The minimum absolute atomic E-state index is 0.00252. The summed E-state index contributed by atoms with van der Waals surface area (Å²) in [6, 6.07) is 15.3. The number of rotatable bonds is 3. The predicted octanol–water partition coefficient (Wildman–Crippen LogP) is 4.30. The van der Waals surface area contributed by atoms with Crippen molar-refractivity contribution in [2.45, 2.75) is 5.72 Å². The highest BCUT2D eigenvalue weighted by Gasteiger charge is 2.51. The number of halogens is 2. The van der Waals surface area contributed by atoms with Crippen molar-refractivity contribution in [1.29, 1.82) is 0 Å². The van der Waals surface area contributed by atoms with Gasteiger partial charge in [0.1, 0.15) is 0 Å². The standard InChI is InChI=1S/C22H14ClFN4O4/c23-14-6-3-7-17(18(14)24)28-19(29)12-4-1-2-5-13(12)22(28,32)11-8-9-15-16(10-11)26-20(25-15)27-21(30)31/h1-10,32H,(H,30,31)(H2,25,26,27). The van der Waals surface area contributed by atoms with E-state index >= 15 is 0 Å². The lowest BCUT2D eigenvalue weighted by Gasteiger charge is -2.35. The van der Waals surface area contributed by atoms with E-state index in [4.69, 9.17) is 16.7 Å². The molecule has 0 saturated heterocycles. The number of carbonyl (C=O) groups is 2. The van der Waals surface area contributed by atoms with Crippen LogP contribution in [0.25, 0.3) is 11.0 Å². The maximum atomic E-state index is 15.0. The first kappa shape index (κ1) is 20.0. The van der Waals surface area contributed by atoms with Gasteiger partial charge < -0.3 is 15.2 Å². The molecule has 1 aromatic heterocycles. The van der Waals surface area contributed by atoms with Gasteiger partial charge in [-0.3, -0.25) is 15.0 Å². The third-order valence-corrected chi connectivity index (χ3v) is 5.63. The minimum Gasteiger partial charge on any atom is -0.465 e. The van der Waals surface area contributed by atoms with Crippen LogP contribution in [-0.2, 0) is 5.72 Å². The molecule has 2 heterocycles. The monoisotopic (exact) mass is 452 g/mol. The van der Waals surface area contributed by atoms with Crippen molar-refractivity contribution in [3.63, 3.8) is 0 Å². The quantitative estimate of drug-likeness (QED) is 0.369. The molecule has 3 aromatic carbocycles. The van der Waals surface area contributed by atoms with Gasteiger partial charge in [-0.1, -0.05) is 41.9 Å². The summed E-state index contributed by atoms with van der Waals surface area (Å²) in [5.41, 5.74) is -0.699. The third-order valence-electron chi connectivity index (χ3n) is 5.34. The predicted molar refractivity (Wildman–Crippen MR) is 115 cm³/mol. The van der Waals surface area contributed by atoms with Crippen molar-refractivity contribution in [3.05, 3.63) is 88.2 Å². The first-order chi connectivity index (χ1) is 15.3. The molecule has 0 bridgehead atoms. The molecule has 1 aliphatic rings. The Morgan fingerprint density at radius 2 is 1.94 bits per heavy atom. The number of benzene rings is 3. The number of imidazole rings is 1. The number of amides is 2. The van der Waals surface area contributed by atoms with Gasteiger partial charge in [-0.15, -0.1) is 0 Å². The van der Waals surface area contributed by atoms with Crippen molar-refractivity contribution in [2.75, 3.05) is 10.2 Å². The van der Waals surface area contributed by atoms with Gasteiger partial charge in [0.25, 0.3) is 5.91 Å². The van der Waals surface area contributed by atoms with Gasteiger partial charge in [0.2, 0.25) is 5.95 Å². The molecule has 0 saturated carbocycles. The fourth-order valence-electron chi connectivity index (χ4n) is 3.98. The zero-order valence-electron chi connectivity index (χ0n) is 16.1. The van der Waals surface area contributed by atoms with Crippen LogP contribution in [0.5, 0.6) is 0 Å². The molecule has 4 N–H and O–H groups in total. The number of anilines is 2. The van der Waals surface area contributed by atoms with Crippen molar-refractivity contribution in [2.24, 2.45) is 0 Å². The Kier molecular flexibility index (Phi) is 4.40. The fraction of sp³-hybridized carbons (Fsp3) is 0.0455. The number of nitrogens with one attached hydrogen (secondary N) is 2. The van der Waals surface area contributed by atoms with Gasteiger partial charge in [-0.25, -0.2) is 14.2 Å². The Morgan fingerprint density at radius 3 is 2.72 bits per heavy atom. The lowest BCUT2D eigenvalue weighted by atomic mass is 9.93. The van der Waals surface area contributed by atoms with Crippen LogP contribution in [0.3, 0.4) is 0 Å². The summed E-state index contributed by atoms with van der Waals surface area (Å²) in [4.78, 5) is 32.1. The summed E-state index contributed by atoms with van der Waals surface area (Å²) in [5.74, 6) is -1.44. The van der Waals surface area contributed by atoms with Gasteiger partial charge in [0.15, 0.2) is 11.5 Å². The van der Waals surface area contributed by atoms with E-state index < -0.39 is 23.5 Å². The minimum atomic E-state index is -2.06. The van der Waals surface area contributed by atoms with Crippen LogP contribution in [0.1, 0.15) is 21.5 Å². The molecule has 1 aliphatic heterocycles. The second-order valence-electron chi connectivity index (χ2n) is 7.18. The highest BCUT2D eigenvalue weighted by atomic mass is 35.5. The van der Waals surface area contributed by atoms with Gasteiger partial charge in [0, 0.05) is 16.7 Å². The van der Waals surface area contributed by atoms with E-state index in [9.17, 15) is 19.1 Å². The lowest BCUT2D eigenvalue weighted by molar-refractivity contribution is 0.0699. The van der Waals surface area contributed by atoms with Crippen molar-refractivity contribution < 1.29 is 24.2 Å². The normalized spacial score (nSPS) is 17.6. The van der Waals surface area contributed by atoms with E-state index in [2.05, 4.69) is 15.3 Å². The van der Waals surface area contributed by atoms with E-state index in [-0.39, 0.29) is 33.3 Å². The zero-order valence-corrected chi connectivity index (χ0v) is 16.9. The highest BCUT2D eigenvalue weighted by Crippen LogP contribution is 2.46. The summed E-state index contributed by atoms with van der Waals surface area (Å²) < 4.78 is 15.0. The molecular formula is C22H14ClFN4O4. The molecule has 10 heteroatoms. The molecule has 2 amide bonds. The number of carbonyl (C=O) groups excluding carboxylic acids is 1. The molecule has 5 rings (SSSR count). The number of fused-ring (bicyclic) bond motifs is 2. The molecule has 32 heavy (non-hydrogen) atoms. The smallest absolute Gasteiger partial charge is 0.411 e. The molecule has 4 aromatic rings. The van der Waals surface area contributed by atoms with Crippen LogP contribution in [0.2, 0.25) is 5.02 Å². The summed E-state index contributed by atoms with van der Waals surface area (Å²) >= 11 is 5.95. The van der Waals surface area contributed by atoms with Gasteiger partial charge in [-0.2, -0.15) is 0 Å². The van der Waals surface area contributed by atoms with Crippen LogP contribution < -0.4 is 10.2 Å². The summed E-state index contributed by atoms with van der Waals surface area (Å²) in [7, 11) is 0. The average Bonchev–Trinajstić information content (AvgIpc) is 3.26. The zero-order chi connectivity index (χ0) is 22.6. The Morgan fingerprint density at radius 1 is 1.16 bits per heavy atom. The molecule has 0 spiro atoms. The van der Waals surface area contributed by atoms with Crippen LogP contribution in [0.4, 0.5) is 20.8 Å². The van der Waals surface area contributed by atoms with Gasteiger partial charge >= 0.3 is 6.09 Å². The average molecular weight is 453 g/mol. The van der Waals surface area contributed by atoms with Crippen LogP contribution >= 0.6 is 11.6 Å². The first-order valence-electron chi connectivity index (χ1n) is 9.41. The summed E-state index contributed by atoms with van der Waals surface area (Å²) in [6.45, 7) is 0. The van der Waals surface area contributed by atoms with Gasteiger partial charge in [0.05, 0.1) is 21.7 Å². The Balaban J connectivity index is 1.74. The molecule has 0 fully saturated rings. The second kappa shape index (κ2) is 7.04. The van der Waals surface area contributed by atoms with E-state index in [0.29, 0.717) is 11.0 Å². The largest absolute Gasteiger partial charge is 0.465 e. The van der Waals surface area contributed by atoms with E-state index in [1.807, 2.05) is 0 Å². The third kappa shape index (κ3) is 2.83. The number of aromatic amines is 1. The van der Waals surface area contributed by atoms with E-state index in [0.717, 1.165) is 4.90 Å². The Hall–Kier alpha value is -3.95. The van der Waals surface area contributed by atoms with E-state index in [1.165, 1.54) is 24.3 Å². The molecule has 1 atom stereocenters. The molecule has 1 unspecified atom stereocenters. The molecule has 0 radical (unpaired) electrons. The Bertz CT molecular complexity index is 1420. The van der Waals surface area contributed by atoms with Gasteiger partial charge in [-0.05, 0) is 30.3 Å². The van der Waals surface area contributed by atoms with Crippen molar-refractivity contribution in [3.8, 4) is 0 Å². The number of aliphatic hydroxyl groups is 1.